The summed E-state index contributed by atoms with van der Waals surface area (Å²) in [6.07, 6.45) is 1.52. The van der Waals surface area contributed by atoms with Crippen LogP contribution in [0.15, 0.2) is 9.59 Å². The first-order valence-corrected chi connectivity index (χ1v) is 5.88. The average molecular weight is 255 g/mol. The lowest BCUT2D eigenvalue weighted by molar-refractivity contribution is 0.0512. The third kappa shape index (κ3) is 2.85. The molecule has 0 aliphatic rings. The molecule has 0 aliphatic carbocycles. The quantitative estimate of drug-likeness (QED) is 0.687. The molecule has 1 heterocycles. The number of unbranched alkanes of at least 4 members (excludes halogenated alkanes) is 1. The number of nitrogens with zero attached hydrogens (tertiary/aromatic N) is 3. The van der Waals surface area contributed by atoms with Gasteiger partial charge >= 0.3 is 11.7 Å². The van der Waals surface area contributed by atoms with Gasteiger partial charge in [-0.3, -0.25) is 9.36 Å². The number of aromatic nitrogens is 3. The van der Waals surface area contributed by atoms with Crippen molar-refractivity contribution in [2.24, 2.45) is 7.05 Å². The van der Waals surface area contributed by atoms with E-state index in [1.807, 2.05) is 6.92 Å². The Hall–Kier alpha value is -1.92. The topological polar surface area (TPSA) is 83.2 Å². The molecule has 0 spiro atoms. The summed E-state index contributed by atoms with van der Waals surface area (Å²) >= 11 is 0. The van der Waals surface area contributed by atoms with Crippen LogP contribution in [0.3, 0.4) is 0 Å². The van der Waals surface area contributed by atoms with Crippen LogP contribution in [0.4, 0.5) is 0 Å². The van der Waals surface area contributed by atoms with Crippen LogP contribution in [0.2, 0.25) is 0 Å². The normalized spacial score (nSPS) is 10.4. The number of carbonyl (C=O) groups is 1. The number of hydrogen-bond donors (Lipinski definition) is 0. The Balaban J connectivity index is 3.30. The minimum atomic E-state index is -0.802. The molecule has 18 heavy (non-hydrogen) atoms. The fraction of sp³-hybridized carbons (Fsp3) is 0.636. The molecule has 0 unspecified atom stereocenters. The SMILES string of the molecule is CCCCn1c(=O)c(C(=O)OCC)nn(C)c1=O. The number of esters is 1. The van der Waals surface area contributed by atoms with Crippen molar-refractivity contribution in [3.63, 3.8) is 0 Å². The Morgan fingerprint density at radius 3 is 2.56 bits per heavy atom. The van der Waals surface area contributed by atoms with Gasteiger partial charge in [0, 0.05) is 13.6 Å². The zero-order chi connectivity index (χ0) is 13.7. The molecule has 7 heteroatoms. The maximum Gasteiger partial charge on any atom is 0.364 e. The highest BCUT2D eigenvalue weighted by atomic mass is 16.5. The maximum absolute atomic E-state index is 12.0. The number of ether oxygens (including phenoxy) is 1. The predicted molar refractivity (Wildman–Crippen MR) is 64.6 cm³/mol. The second-order valence-corrected chi connectivity index (χ2v) is 3.79. The van der Waals surface area contributed by atoms with E-state index in [4.69, 9.17) is 4.74 Å². The lowest BCUT2D eigenvalue weighted by atomic mass is 10.3. The van der Waals surface area contributed by atoms with Gasteiger partial charge < -0.3 is 4.74 Å². The summed E-state index contributed by atoms with van der Waals surface area (Å²) in [5.74, 6) is -0.802. The summed E-state index contributed by atoms with van der Waals surface area (Å²) in [7, 11) is 1.40. The summed E-state index contributed by atoms with van der Waals surface area (Å²) < 4.78 is 6.73. The zero-order valence-electron chi connectivity index (χ0n) is 10.8. The van der Waals surface area contributed by atoms with Gasteiger partial charge in [0.2, 0.25) is 5.69 Å². The Bertz CT molecular complexity index is 544. The summed E-state index contributed by atoms with van der Waals surface area (Å²) in [6.45, 7) is 4.01. The lowest BCUT2D eigenvalue weighted by Crippen LogP contribution is -2.44. The molecule has 1 rings (SSSR count). The van der Waals surface area contributed by atoms with Gasteiger partial charge in [0.25, 0.3) is 5.56 Å². The fourth-order valence-electron chi connectivity index (χ4n) is 1.47. The van der Waals surface area contributed by atoms with Crippen molar-refractivity contribution in [1.29, 1.82) is 0 Å². The van der Waals surface area contributed by atoms with Crippen LogP contribution in [-0.2, 0) is 18.3 Å². The van der Waals surface area contributed by atoms with Gasteiger partial charge in [0.15, 0.2) is 0 Å². The van der Waals surface area contributed by atoms with Crippen LogP contribution >= 0.6 is 0 Å². The molecule has 0 aromatic carbocycles. The molecule has 0 atom stereocenters. The van der Waals surface area contributed by atoms with E-state index in [1.54, 1.807) is 6.92 Å². The predicted octanol–water partition coefficient (Wildman–Crippen LogP) is -0.0812. The Labute approximate surface area is 104 Å². The molecule has 100 valence electrons. The maximum atomic E-state index is 12.0. The van der Waals surface area contributed by atoms with E-state index in [0.717, 1.165) is 15.7 Å². The van der Waals surface area contributed by atoms with Gasteiger partial charge in [-0.05, 0) is 13.3 Å². The van der Waals surface area contributed by atoms with Crippen molar-refractivity contribution in [1.82, 2.24) is 14.3 Å². The molecular weight excluding hydrogens is 238 g/mol. The zero-order valence-corrected chi connectivity index (χ0v) is 10.8. The van der Waals surface area contributed by atoms with Crippen LogP contribution in [-0.4, -0.2) is 26.9 Å². The smallest absolute Gasteiger partial charge is 0.364 e. The van der Waals surface area contributed by atoms with Gasteiger partial charge in [-0.15, -0.1) is 0 Å². The highest BCUT2D eigenvalue weighted by Gasteiger charge is 2.18. The monoisotopic (exact) mass is 255 g/mol. The second kappa shape index (κ2) is 6.13. The summed E-state index contributed by atoms with van der Waals surface area (Å²) in [5.41, 5.74) is -1.57. The van der Waals surface area contributed by atoms with Crippen LogP contribution in [0.5, 0.6) is 0 Å². The molecule has 1 aromatic rings. The standard InChI is InChI=1S/C11H17N3O4/c1-4-6-7-14-9(15)8(10(16)18-5-2)12-13(3)11(14)17/h4-7H2,1-3H3. The number of hydrogen-bond acceptors (Lipinski definition) is 5. The first-order valence-electron chi connectivity index (χ1n) is 5.88. The van der Waals surface area contributed by atoms with Gasteiger partial charge in [0.05, 0.1) is 6.61 Å². The van der Waals surface area contributed by atoms with E-state index in [-0.39, 0.29) is 18.8 Å². The van der Waals surface area contributed by atoms with Crippen molar-refractivity contribution in [3.8, 4) is 0 Å². The summed E-state index contributed by atoms with van der Waals surface area (Å²) in [6, 6.07) is 0. The molecule has 0 radical (unpaired) electrons. The highest BCUT2D eigenvalue weighted by Crippen LogP contribution is 1.92. The molecule has 0 amide bonds. The van der Waals surface area contributed by atoms with E-state index in [0.29, 0.717) is 6.42 Å². The Kier molecular flexibility index (Phi) is 4.82. The number of rotatable bonds is 5. The fourth-order valence-corrected chi connectivity index (χ4v) is 1.47. The molecule has 1 aromatic heterocycles. The minimum absolute atomic E-state index is 0.151. The van der Waals surface area contributed by atoms with Gasteiger partial charge in [-0.25, -0.2) is 14.3 Å². The molecule has 0 bridgehead atoms. The van der Waals surface area contributed by atoms with E-state index < -0.39 is 17.2 Å². The summed E-state index contributed by atoms with van der Waals surface area (Å²) in [4.78, 5) is 35.2. The van der Waals surface area contributed by atoms with E-state index in [1.165, 1.54) is 7.05 Å². The van der Waals surface area contributed by atoms with Gasteiger partial charge in [-0.1, -0.05) is 13.3 Å². The van der Waals surface area contributed by atoms with Crippen molar-refractivity contribution in [2.45, 2.75) is 33.2 Å². The number of aryl methyl sites for hydroxylation is 1. The minimum Gasteiger partial charge on any atom is -0.461 e. The number of carbonyl (C=O) groups excluding carboxylic acids is 1. The van der Waals surface area contributed by atoms with Crippen LogP contribution in [0, 0.1) is 0 Å². The molecule has 7 nitrogen and oxygen atoms in total. The second-order valence-electron chi connectivity index (χ2n) is 3.79. The average Bonchev–Trinajstić information content (AvgIpc) is 2.34. The van der Waals surface area contributed by atoms with Crippen LogP contribution in [0.1, 0.15) is 37.2 Å². The molecule has 0 saturated carbocycles. The third-order valence-electron chi connectivity index (χ3n) is 2.41. The van der Waals surface area contributed by atoms with E-state index >= 15 is 0 Å². The van der Waals surface area contributed by atoms with Crippen molar-refractivity contribution in [2.75, 3.05) is 6.61 Å². The van der Waals surface area contributed by atoms with Gasteiger partial charge in [-0.2, -0.15) is 5.10 Å². The highest BCUT2D eigenvalue weighted by molar-refractivity contribution is 5.86. The van der Waals surface area contributed by atoms with Crippen molar-refractivity contribution >= 4 is 5.97 Å². The van der Waals surface area contributed by atoms with E-state index in [2.05, 4.69) is 5.10 Å². The molecule has 0 aliphatic heterocycles. The first-order chi connectivity index (χ1) is 8.52. The van der Waals surface area contributed by atoms with E-state index in [9.17, 15) is 14.4 Å². The van der Waals surface area contributed by atoms with Crippen LogP contribution in [0.25, 0.3) is 0 Å². The van der Waals surface area contributed by atoms with Crippen molar-refractivity contribution < 1.29 is 9.53 Å². The molecule has 0 saturated heterocycles. The van der Waals surface area contributed by atoms with Gasteiger partial charge in [0.1, 0.15) is 0 Å². The van der Waals surface area contributed by atoms with Crippen molar-refractivity contribution in [3.05, 3.63) is 26.5 Å². The van der Waals surface area contributed by atoms with Crippen LogP contribution < -0.4 is 11.2 Å². The largest absolute Gasteiger partial charge is 0.461 e. The third-order valence-corrected chi connectivity index (χ3v) is 2.41. The summed E-state index contributed by atoms with van der Waals surface area (Å²) in [5, 5.41) is 3.66. The lowest BCUT2D eigenvalue weighted by Gasteiger charge is -2.08. The Morgan fingerprint density at radius 1 is 1.33 bits per heavy atom. The molecule has 0 fully saturated rings. The Morgan fingerprint density at radius 2 is 2.00 bits per heavy atom. The molecule has 0 N–H and O–H groups in total. The first kappa shape index (κ1) is 14.1. The molecular formula is C11H17N3O4.